The molecule has 0 unspecified atom stereocenters. The van der Waals surface area contributed by atoms with E-state index in [2.05, 4.69) is 103 Å². The van der Waals surface area contributed by atoms with E-state index in [1.807, 2.05) is 0 Å². The molecular formula is C72H160N8. The maximum atomic E-state index is 5.67. The van der Waals surface area contributed by atoms with Gasteiger partial charge in [-0.15, -0.1) is 0 Å². The average Bonchev–Trinajstić information content (AvgIpc) is 3.43. The van der Waals surface area contributed by atoms with Crippen LogP contribution in [0.3, 0.4) is 0 Å². The van der Waals surface area contributed by atoms with Gasteiger partial charge in [0.25, 0.3) is 0 Å². The predicted octanol–water partition coefficient (Wildman–Crippen LogP) is 19.3. The summed E-state index contributed by atoms with van der Waals surface area (Å²) < 4.78 is 0. The third kappa shape index (κ3) is 79.7. The standard InChI is InChI=1S/2C19H42N2.2C17H38N2/c1-18(2)12-7-5-9-15-21(17-11-14-20)16-10-6-8-13-19(3)4;1-3-5-7-9-11-13-17-21(19-15-16-20)18-14-12-10-8-6-4-2;1-16(2)10-5-7-13-19(15-9-12-18)14-8-6-11-17(3)4;1-3-5-7-9-11-15-19(17-13-14-18)16-12-10-8-6-4-2/h18-19H,5-17,20H2,1-4H3;3-20H2,1-2H3;16-17H,5-15,18H2,1-4H3;3-18H2,1-2H3. The molecule has 8 N–H and O–H groups in total. The molecule has 0 radical (unpaired) electrons. The van der Waals surface area contributed by atoms with Gasteiger partial charge in [-0.25, -0.2) is 0 Å². The van der Waals surface area contributed by atoms with Crippen molar-refractivity contribution in [2.75, 3.05) is 105 Å². The molecule has 0 atom stereocenters. The predicted molar refractivity (Wildman–Crippen MR) is 369 cm³/mol. The molecule has 0 amide bonds. The highest BCUT2D eigenvalue weighted by atomic mass is 15.1. The maximum absolute atomic E-state index is 5.67. The molecule has 0 saturated heterocycles. The van der Waals surface area contributed by atoms with Crippen LogP contribution in [0.2, 0.25) is 0 Å². The summed E-state index contributed by atoms with van der Waals surface area (Å²) in [5.41, 5.74) is 22.6. The van der Waals surface area contributed by atoms with Crippen LogP contribution >= 0.6 is 0 Å². The van der Waals surface area contributed by atoms with Crippen LogP contribution in [0.15, 0.2) is 0 Å². The molecule has 0 aliphatic heterocycles. The molecule has 8 nitrogen and oxygen atoms in total. The summed E-state index contributed by atoms with van der Waals surface area (Å²) in [6, 6.07) is 0. The Morgan fingerprint density at radius 3 is 0.500 bits per heavy atom. The molecule has 0 fully saturated rings. The second-order valence-electron chi connectivity index (χ2n) is 26.6. The van der Waals surface area contributed by atoms with Gasteiger partial charge in [-0.2, -0.15) is 0 Å². The average molecular weight is 1140 g/mol. The minimum absolute atomic E-state index is 0.828. The summed E-state index contributed by atoms with van der Waals surface area (Å²) in [6.45, 7) is 46.1. The van der Waals surface area contributed by atoms with Gasteiger partial charge in [0.2, 0.25) is 0 Å². The third-order valence-corrected chi connectivity index (χ3v) is 16.0. The first-order chi connectivity index (χ1) is 38.8. The van der Waals surface area contributed by atoms with Gasteiger partial charge in [0.1, 0.15) is 0 Å². The zero-order valence-electron chi connectivity index (χ0n) is 58.0. The topological polar surface area (TPSA) is 117 Å². The van der Waals surface area contributed by atoms with Crippen LogP contribution in [0.25, 0.3) is 0 Å². The van der Waals surface area contributed by atoms with Crippen LogP contribution in [-0.2, 0) is 0 Å². The molecule has 0 aliphatic rings. The first kappa shape index (κ1) is 86.1. The Labute approximate surface area is 508 Å². The molecule has 0 rings (SSSR count). The fraction of sp³-hybridized carbons (Fsp3) is 1.00. The molecular weight excluding hydrogens is 977 g/mol. The molecule has 0 spiro atoms. The number of unbranched alkanes of at least 4 members (excludes halogenated alkanes) is 24. The van der Waals surface area contributed by atoms with Crippen LogP contribution in [0.5, 0.6) is 0 Å². The van der Waals surface area contributed by atoms with Crippen molar-refractivity contribution in [3.8, 4) is 0 Å². The smallest absolute Gasteiger partial charge is 0.000672 e. The summed E-state index contributed by atoms with van der Waals surface area (Å²) in [6.07, 6.45) is 54.6. The van der Waals surface area contributed by atoms with Crippen LogP contribution in [0.4, 0.5) is 0 Å². The first-order valence-corrected chi connectivity index (χ1v) is 36.5. The Kier molecular flexibility index (Phi) is 80.5. The second kappa shape index (κ2) is 74.8. The minimum Gasteiger partial charge on any atom is -0.330 e. The van der Waals surface area contributed by atoms with Crippen LogP contribution in [-0.4, -0.2) is 124 Å². The molecule has 8 heteroatoms. The van der Waals surface area contributed by atoms with Crippen molar-refractivity contribution in [3.05, 3.63) is 0 Å². The summed E-state index contributed by atoms with van der Waals surface area (Å²) in [5, 5.41) is 0. The SMILES string of the molecule is CC(C)CCCCCN(CCCN)CCCCCC(C)C.CC(C)CCCCN(CCCN)CCCCC(C)C.CCCCCCCCN(CCCN)CCCCCCCC.CCCCCCCN(CCCN)CCCCCCC. The second-order valence-corrected chi connectivity index (χ2v) is 26.6. The number of hydrogen-bond acceptors (Lipinski definition) is 8. The number of hydrogen-bond donors (Lipinski definition) is 4. The van der Waals surface area contributed by atoms with E-state index < -0.39 is 0 Å². The molecule has 0 aromatic heterocycles. The normalized spacial score (nSPS) is 11.7. The summed E-state index contributed by atoms with van der Waals surface area (Å²) >= 11 is 0. The molecule has 0 aromatic rings. The van der Waals surface area contributed by atoms with Crippen molar-refractivity contribution in [1.29, 1.82) is 0 Å². The Balaban J connectivity index is -0.000000482. The lowest BCUT2D eigenvalue weighted by Gasteiger charge is -2.22. The quantitative estimate of drug-likeness (QED) is 0.0445. The lowest BCUT2D eigenvalue weighted by Crippen LogP contribution is -2.28. The lowest BCUT2D eigenvalue weighted by molar-refractivity contribution is 0.256. The van der Waals surface area contributed by atoms with Crippen molar-refractivity contribution < 1.29 is 0 Å². The van der Waals surface area contributed by atoms with Gasteiger partial charge in [-0.05, 0) is 205 Å². The Bertz CT molecular complexity index is 977. The monoisotopic (exact) mass is 1140 g/mol. The van der Waals surface area contributed by atoms with Crippen LogP contribution in [0.1, 0.15) is 340 Å². The van der Waals surface area contributed by atoms with Gasteiger partial charge in [-0.1, -0.05) is 263 Å². The van der Waals surface area contributed by atoms with E-state index in [1.54, 1.807) is 0 Å². The fourth-order valence-electron chi connectivity index (χ4n) is 10.6. The van der Waals surface area contributed by atoms with E-state index in [0.29, 0.717) is 0 Å². The highest BCUT2D eigenvalue weighted by molar-refractivity contribution is 4.65. The van der Waals surface area contributed by atoms with Gasteiger partial charge in [0.15, 0.2) is 0 Å². The van der Waals surface area contributed by atoms with Crippen molar-refractivity contribution in [1.82, 2.24) is 19.6 Å². The molecule has 0 aliphatic carbocycles. The van der Waals surface area contributed by atoms with Crippen LogP contribution < -0.4 is 22.9 Å². The molecule has 0 heterocycles. The van der Waals surface area contributed by atoms with E-state index in [0.717, 1.165) is 75.5 Å². The van der Waals surface area contributed by atoms with Gasteiger partial charge in [0, 0.05) is 0 Å². The third-order valence-electron chi connectivity index (χ3n) is 16.0. The zero-order valence-corrected chi connectivity index (χ0v) is 58.0. The first-order valence-electron chi connectivity index (χ1n) is 36.5. The van der Waals surface area contributed by atoms with Gasteiger partial charge < -0.3 is 42.5 Å². The Hall–Kier alpha value is -0.320. The maximum Gasteiger partial charge on any atom is -0.000672 e. The van der Waals surface area contributed by atoms with Gasteiger partial charge in [-0.3, -0.25) is 0 Å². The molecule has 0 saturated carbocycles. The highest BCUT2D eigenvalue weighted by Gasteiger charge is 2.09. The highest BCUT2D eigenvalue weighted by Crippen LogP contribution is 2.15. The van der Waals surface area contributed by atoms with Gasteiger partial charge >= 0.3 is 0 Å². The summed E-state index contributed by atoms with van der Waals surface area (Å²) in [7, 11) is 0. The molecule has 488 valence electrons. The van der Waals surface area contributed by atoms with Crippen molar-refractivity contribution in [3.63, 3.8) is 0 Å². The number of nitrogens with zero attached hydrogens (tertiary/aromatic N) is 4. The number of rotatable bonds is 60. The summed E-state index contributed by atoms with van der Waals surface area (Å²) in [5.74, 6) is 3.42. The van der Waals surface area contributed by atoms with E-state index in [9.17, 15) is 0 Å². The zero-order chi connectivity index (χ0) is 60.2. The Morgan fingerprint density at radius 2 is 0.325 bits per heavy atom. The largest absolute Gasteiger partial charge is 0.330 e. The molecule has 0 aromatic carbocycles. The van der Waals surface area contributed by atoms with E-state index in [4.69, 9.17) is 22.9 Å². The Morgan fingerprint density at radius 1 is 0.188 bits per heavy atom. The fourth-order valence-corrected chi connectivity index (χ4v) is 10.6. The lowest BCUT2D eigenvalue weighted by atomic mass is 10.0. The molecule has 80 heavy (non-hydrogen) atoms. The van der Waals surface area contributed by atoms with E-state index >= 15 is 0 Å². The van der Waals surface area contributed by atoms with Crippen molar-refractivity contribution >= 4 is 0 Å². The van der Waals surface area contributed by atoms with Crippen molar-refractivity contribution in [2.45, 2.75) is 340 Å². The van der Waals surface area contributed by atoms with E-state index in [1.165, 1.54) is 310 Å². The summed E-state index contributed by atoms with van der Waals surface area (Å²) in [4.78, 5) is 10.6. The van der Waals surface area contributed by atoms with Crippen LogP contribution in [0, 0.1) is 23.7 Å². The molecule has 0 bridgehead atoms. The minimum atomic E-state index is 0.828. The van der Waals surface area contributed by atoms with Gasteiger partial charge in [0.05, 0.1) is 0 Å². The number of nitrogens with two attached hydrogens (primary N) is 4. The van der Waals surface area contributed by atoms with Crippen molar-refractivity contribution in [2.24, 2.45) is 46.6 Å². The van der Waals surface area contributed by atoms with E-state index in [-0.39, 0.29) is 0 Å².